The molecule has 1 aromatic rings. The van der Waals surface area contributed by atoms with Crippen LogP contribution in [0, 0.1) is 0 Å². The van der Waals surface area contributed by atoms with Gasteiger partial charge in [-0.1, -0.05) is 6.92 Å². The number of aryl methyl sites for hydroxylation is 1. The highest BCUT2D eigenvalue weighted by Crippen LogP contribution is 2.21. The average Bonchev–Trinajstić information content (AvgIpc) is 2.48. The number of thioether (sulfide) groups is 1. The van der Waals surface area contributed by atoms with Crippen molar-refractivity contribution in [1.29, 1.82) is 0 Å². The molecule has 0 aliphatic heterocycles. The summed E-state index contributed by atoms with van der Waals surface area (Å²) in [5, 5.41) is 10.1. The molecule has 0 bridgehead atoms. The summed E-state index contributed by atoms with van der Waals surface area (Å²) in [4.78, 5) is 5.46. The van der Waals surface area contributed by atoms with Crippen LogP contribution in [0.25, 0.3) is 0 Å². The molecule has 1 rings (SSSR count). The molecule has 12 heavy (non-hydrogen) atoms. The second-order valence-electron chi connectivity index (χ2n) is 2.42. The molecule has 1 N–H and O–H groups in total. The largest absolute Gasteiger partial charge is 0.391 e. The number of hydrogen-bond donors (Lipinski definition) is 1. The lowest BCUT2D eigenvalue weighted by Gasteiger charge is -1.90. The monoisotopic (exact) mass is 203 g/mol. The topological polar surface area (TPSA) is 33.1 Å². The van der Waals surface area contributed by atoms with Gasteiger partial charge in [-0.3, -0.25) is 0 Å². The molecule has 0 unspecified atom stereocenters. The summed E-state index contributed by atoms with van der Waals surface area (Å²) in [6.45, 7) is 2.20. The van der Waals surface area contributed by atoms with E-state index in [9.17, 15) is 0 Å². The third-order valence-electron chi connectivity index (χ3n) is 1.57. The molecule has 0 amide bonds. The van der Waals surface area contributed by atoms with E-state index in [0.717, 1.165) is 27.8 Å². The number of aromatic nitrogens is 1. The number of thiazole rings is 1. The Morgan fingerprint density at radius 2 is 2.33 bits per heavy atom. The Kier molecular flexibility index (Phi) is 4.05. The number of aliphatic hydroxyl groups excluding tert-OH is 1. The number of aliphatic hydroxyl groups is 1. The van der Waals surface area contributed by atoms with E-state index >= 15 is 0 Å². The highest BCUT2D eigenvalue weighted by molar-refractivity contribution is 7.97. The molecular formula is C8H13NOS2. The van der Waals surface area contributed by atoms with Gasteiger partial charge in [-0.2, -0.15) is 11.8 Å². The molecule has 2 nitrogen and oxygen atoms in total. The first-order valence-corrected chi connectivity index (χ1v) is 6.10. The van der Waals surface area contributed by atoms with E-state index in [1.807, 2.05) is 0 Å². The first kappa shape index (κ1) is 10.0. The van der Waals surface area contributed by atoms with E-state index < -0.39 is 0 Å². The van der Waals surface area contributed by atoms with Crippen LogP contribution in [-0.4, -0.2) is 16.3 Å². The van der Waals surface area contributed by atoms with Gasteiger partial charge in [0.25, 0.3) is 0 Å². The Morgan fingerprint density at radius 3 is 2.75 bits per heavy atom. The quantitative estimate of drug-likeness (QED) is 0.813. The maximum atomic E-state index is 8.99. The van der Waals surface area contributed by atoms with Gasteiger partial charge in [0.15, 0.2) is 0 Å². The summed E-state index contributed by atoms with van der Waals surface area (Å²) in [5.74, 6) is 0.956. The molecule has 0 atom stereocenters. The first-order chi connectivity index (χ1) is 5.81. The van der Waals surface area contributed by atoms with Crippen molar-refractivity contribution in [3.05, 3.63) is 15.6 Å². The van der Waals surface area contributed by atoms with Crippen LogP contribution in [-0.2, 0) is 18.8 Å². The normalized spacial score (nSPS) is 10.6. The molecule has 0 radical (unpaired) electrons. The van der Waals surface area contributed by atoms with E-state index in [2.05, 4.69) is 18.2 Å². The maximum absolute atomic E-state index is 8.99. The van der Waals surface area contributed by atoms with Gasteiger partial charge in [0, 0.05) is 5.75 Å². The molecule has 4 heteroatoms. The Bertz CT molecular complexity index is 226. The van der Waals surface area contributed by atoms with Gasteiger partial charge in [-0.15, -0.1) is 11.3 Å². The lowest BCUT2D eigenvalue weighted by Crippen LogP contribution is -1.87. The molecule has 0 saturated carbocycles. The van der Waals surface area contributed by atoms with Crippen LogP contribution in [0.1, 0.15) is 22.5 Å². The SMILES string of the molecule is CCc1nc(CSC)sc1CO. The van der Waals surface area contributed by atoms with Crippen LogP contribution in [0.4, 0.5) is 0 Å². The summed E-state index contributed by atoms with van der Waals surface area (Å²) < 4.78 is 0. The van der Waals surface area contributed by atoms with Crippen LogP contribution >= 0.6 is 23.1 Å². The molecule has 0 spiro atoms. The van der Waals surface area contributed by atoms with Gasteiger partial charge in [-0.05, 0) is 12.7 Å². The molecule has 68 valence electrons. The van der Waals surface area contributed by atoms with Crippen molar-refractivity contribution in [2.45, 2.75) is 25.7 Å². The van der Waals surface area contributed by atoms with Gasteiger partial charge >= 0.3 is 0 Å². The summed E-state index contributed by atoms with van der Waals surface area (Å²) in [6.07, 6.45) is 2.98. The van der Waals surface area contributed by atoms with Crippen LogP contribution in [0.2, 0.25) is 0 Å². The summed E-state index contributed by atoms with van der Waals surface area (Å²) >= 11 is 3.39. The molecule has 1 heterocycles. The van der Waals surface area contributed by atoms with Crippen molar-refractivity contribution in [3.8, 4) is 0 Å². The lowest BCUT2D eigenvalue weighted by atomic mass is 10.3. The van der Waals surface area contributed by atoms with Gasteiger partial charge in [0.1, 0.15) is 5.01 Å². The van der Waals surface area contributed by atoms with Crippen LogP contribution in [0.15, 0.2) is 0 Å². The van der Waals surface area contributed by atoms with Crippen LogP contribution in [0.5, 0.6) is 0 Å². The Morgan fingerprint density at radius 1 is 1.58 bits per heavy atom. The number of nitrogens with zero attached hydrogens (tertiary/aromatic N) is 1. The Balaban J connectivity index is 2.81. The maximum Gasteiger partial charge on any atom is 0.103 e. The Hall–Kier alpha value is -0.0600. The van der Waals surface area contributed by atoms with Crippen molar-refractivity contribution in [2.24, 2.45) is 0 Å². The first-order valence-electron chi connectivity index (χ1n) is 3.89. The standard InChI is InChI=1S/C8H13NOS2/c1-3-6-7(4-10)12-8(9-6)5-11-2/h10H,3-5H2,1-2H3. The minimum Gasteiger partial charge on any atom is -0.391 e. The lowest BCUT2D eigenvalue weighted by molar-refractivity contribution is 0.284. The molecular weight excluding hydrogens is 190 g/mol. The van der Waals surface area contributed by atoms with E-state index in [1.165, 1.54) is 0 Å². The number of rotatable bonds is 4. The second kappa shape index (κ2) is 4.84. The second-order valence-corrected chi connectivity index (χ2v) is 4.46. The zero-order valence-electron chi connectivity index (χ0n) is 7.33. The number of hydrogen-bond acceptors (Lipinski definition) is 4. The zero-order valence-corrected chi connectivity index (χ0v) is 8.97. The van der Waals surface area contributed by atoms with Gasteiger partial charge in [0.05, 0.1) is 17.2 Å². The van der Waals surface area contributed by atoms with E-state index in [0.29, 0.717) is 0 Å². The average molecular weight is 203 g/mol. The molecule has 0 aliphatic rings. The molecule has 1 aromatic heterocycles. The molecule has 0 saturated heterocycles. The van der Waals surface area contributed by atoms with Crippen LogP contribution in [0.3, 0.4) is 0 Å². The molecule has 0 aliphatic carbocycles. The summed E-state index contributed by atoms with van der Waals surface area (Å²) in [7, 11) is 0. The van der Waals surface area contributed by atoms with Crippen molar-refractivity contribution < 1.29 is 5.11 Å². The van der Waals surface area contributed by atoms with E-state index in [1.54, 1.807) is 23.1 Å². The molecule has 0 fully saturated rings. The smallest absolute Gasteiger partial charge is 0.103 e. The fourth-order valence-corrected chi connectivity index (χ4v) is 2.74. The minimum absolute atomic E-state index is 0.134. The zero-order chi connectivity index (χ0) is 8.97. The summed E-state index contributed by atoms with van der Waals surface area (Å²) in [6, 6.07) is 0. The van der Waals surface area contributed by atoms with Gasteiger partial charge in [-0.25, -0.2) is 4.98 Å². The third kappa shape index (κ3) is 2.21. The van der Waals surface area contributed by atoms with Crippen molar-refractivity contribution in [3.63, 3.8) is 0 Å². The minimum atomic E-state index is 0.134. The fraction of sp³-hybridized carbons (Fsp3) is 0.625. The summed E-state index contributed by atoms with van der Waals surface area (Å²) in [5.41, 5.74) is 1.06. The highest BCUT2D eigenvalue weighted by Gasteiger charge is 2.07. The Labute approximate surface area is 81.0 Å². The van der Waals surface area contributed by atoms with Crippen LogP contribution < -0.4 is 0 Å². The van der Waals surface area contributed by atoms with Gasteiger partial charge < -0.3 is 5.11 Å². The predicted molar refractivity (Wildman–Crippen MR) is 54.6 cm³/mol. The van der Waals surface area contributed by atoms with E-state index in [4.69, 9.17) is 5.11 Å². The van der Waals surface area contributed by atoms with Crippen molar-refractivity contribution >= 4 is 23.1 Å². The molecule has 0 aromatic carbocycles. The fourth-order valence-electron chi connectivity index (χ4n) is 1.02. The predicted octanol–water partition coefficient (Wildman–Crippen LogP) is 2.06. The van der Waals surface area contributed by atoms with Crippen molar-refractivity contribution in [1.82, 2.24) is 4.98 Å². The van der Waals surface area contributed by atoms with Crippen molar-refractivity contribution in [2.75, 3.05) is 6.26 Å². The highest BCUT2D eigenvalue weighted by atomic mass is 32.2. The van der Waals surface area contributed by atoms with E-state index in [-0.39, 0.29) is 6.61 Å². The van der Waals surface area contributed by atoms with Gasteiger partial charge in [0.2, 0.25) is 0 Å². The third-order valence-corrected chi connectivity index (χ3v) is 3.40.